The normalized spacial score (nSPS) is 15.4. The third-order valence-corrected chi connectivity index (χ3v) is 3.45. The van der Waals surface area contributed by atoms with Crippen LogP contribution in [0.25, 0.3) is 0 Å². The summed E-state index contributed by atoms with van der Waals surface area (Å²) in [6.45, 7) is 5.11. The molecule has 0 unspecified atom stereocenters. The van der Waals surface area contributed by atoms with E-state index in [0.717, 1.165) is 31.0 Å². The lowest BCUT2D eigenvalue weighted by atomic mass is 10.2. The van der Waals surface area contributed by atoms with Gasteiger partial charge in [-0.25, -0.2) is 9.78 Å². The van der Waals surface area contributed by atoms with Gasteiger partial charge in [-0.15, -0.1) is 0 Å². The predicted octanol–water partition coefficient (Wildman–Crippen LogP) is 1.50. The maximum Gasteiger partial charge on any atom is 0.371 e. The Bertz CT molecular complexity index is 614. The first-order valence-electron chi connectivity index (χ1n) is 6.18. The summed E-state index contributed by atoms with van der Waals surface area (Å²) in [4.78, 5) is 17.4. The monoisotopic (exact) mass is 261 g/mol. The van der Waals surface area contributed by atoms with E-state index in [9.17, 15) is 4.79 Å². The van der Waals surface area contributed by atoms with Gasteiger partial charge in [0, 0.05) is 37.6 Å². The summed E-state index contributed by atoms with van der Waals surface area (Å²) in [6.07, 6.45) is 3.79. The molecule has 0 aliphatic carbocycles. The number of hydrogen-bond acceptors (Lipinski definition) is 4. The fourth-order valence-corrected chi connectivity index (χ4v) is 2.38. The zero-order valence-electron chi connectivity index (χ0n) is 10.7. The number of carbonyl (C=O) groups is 1. The van der Waals surface area contributed by atoms with Crippen molar-refractivity contribution in [3.63, 3.8) is 0 Å². The van der Waals surface area contributed by atoms with Gasteiger partial charge in [-0.1, -0.05) is 0 Å². The molecule has 0 radical (unpaired) electrons. The minimum atomic E-state index is -1.02. The summed E-state index contributed by atoms with van der Waals surface area (Å²) in [6, 6.07) is 1.61. The third-order valence-electron chi connectivity index (χ3n) is 3.45. The predicted molar refractivity (Wildman–Crippen MR) is 66.7 cm³/mol. The number of rotatable bonds is 3. The molecule has 3 heterocycles. The van der Waals surface area contributed by atoms with Crippen LogP contribution in [0.2, 0.25) is 0 Å². The van der Waals surface area contributed by atoms with Crippen molar-refractivity contribution in [1.29, 1.82) is 0 Å². The van der Waals surface area contributed by atoms with Crippen molar-refractivity contribution >= 4 is 5.97 Å². The minimum Gasteiger partial charge on any atom is -0.475 e. The topological polar surface area (TPSA) is 71.5 Å². The van der Waals surface area contributed by atoms with Crippen LogP contribution in [0.3, 0.4) is 0 Å². The molecule has 1 aliphatic heterocycles. The van der Waals surface area contributed by atoms with Crippen LogP contribution >= 0.6 is 0 Å². The molecule has 0 saturated heterocycles. The first-order chi connectivity index (χ1) is 9.13. The summed E-state index contributed by atoms with van der Waals surface area (Å²) >= 11 is 0. The van der Waals surface area contributed by atoms with E-state index in [0.29, 0.717) is 12.3 Å². The van der Waals surface area contributed by atoms with E-state index >= 15 is 0 Å². The number of aromatic carboxylic acids is 1. The minimum absolute atomic E-state index is 0.00556. The molecule has 0 fully saturated rings. The molecule has 0 atom stereocenters. The molecule has 100 valence electrons. The molecular weight excluding hydrogens is 246 g/mol. The standard InChI is InChI=1S/C13H15N3O3/c1-9-10(6-11(19-9)13(17)18)7-15-4-5-16-3-2-14-12(16)8-15/h2-3,6H,4-5,7-8H2,1H3,(H,17,18). The van der Waals surface area contributed by atoms with Crippen molar-refractivity contribution in [2.45, 2.75) is 26.6 Å². The van der Waals surface area contributed by atoms with Crippen molar-refractivity contribution in [1.82, 2.24) is 14.5 Å². The van der Waals surface area contributed by atoms with E-state index in [1.807, 2.05) is 12.4 Å². The van der Waals surface area contributed by atoms with Gasteiger partial charge in [0.25, 0.3) is 0 Å². The van der Waals surface area contributed by atoms with Crippen LogP contribution in [0, 0.1) is 6.92 Å². The number of aromatic nitrogens is 2. The van der Waals surface area contributed by atoms with E-state index in [1.165, 1.54) is 0 Å². The fourth-order valence-electron chi connectivity index (χ4n) is 2.38. The molecule has 0 amide bonds. The summed E-state index contributed by atoms with van der Waals surface area (Å²) in [7, 11) is 0. The number of aryl methyl sites for hydroxylation is 1. The second-order valence-corrected chi connectivity index (χ2v) is 4.74. The number of carboxylic acids is 1. The quantitative estimate of drug-likeness (QED) is 0.906. The van der Waals surface area contributed by atoms with Crippen molar-refractivity contribution < 1.29 is 14.3 Å². The number of nitrogens with zero attached hydrogens (tertiary/aromatic N) is 3. The van der Waals surface area contributed by atoms with E-state index in [2.05, 4.69) is 14.5 Å². The fraction of sp³-hybridized carbons (Fsp3) is 0.385. The maximum atomic E-state index is 10.9. The van der Waals surface area contributed by atoms with E-state index < -0.39 is 5.97 Å². The van der Waals surface area contributed by atoms with Crippen LogP contribution in [0.5, 0.6) is 0 Å². The Hall–Kier alpha value is -2.08. The average molecular weight is 261 g/mol. The zero-order valence-corrected chi connectivity index (χ0v) is 10.7. The Kier molecular flexibility index (Phi) is 2.87. The number of carboxylic acid groups (broad SMARTS) is 1. The molecule has 2 aromatic rings. The Balaban J connectivity index is 1.74. The molecule has 0 bridgehead atoms. The van der Waals surface area contributed by atoms with Crippen LogP contribution in [-0.4, -0.2) is 32.1 Å². The van der Waals surface area contributed by atoms with E-state index in [-0.39, 0.29) is 5.76 Å². The van der Waals surface area contributed by atoms with Gasteiger partial charge in [0.1, 0.15) is 11.6 Å². The van der Waals surface area contributed by atoms with Crippen LogP contribution in [0.4, 0.5) is 0 Å². The molecule has 3 rings (SSSR count). The lowest BCUT2D eigenvalue weighted by molar-refractivity contribution is 0.0661. The average Bonchev–Trinajstić information content (AvgIpc) is 2.96. The molecule has 0 spiro atoms. The molecule has 6 nitrogen and oxygen atoms in total. The molecule has 0 saturated carbocycles. The van der Waals surface area contributed by atoms with Gasteiger partial charge in [0.2, 0.25) is 5.76 Å². The van der Waals surface area contributed by atoms with Gasteiger partial charge in [0.05, 0.1) is 6.54 Å². The van der Waals surface area contributed by atoms with Gasteiger partial charge in [0.15, 0.2) is 0 Å². The van der Waals surface area contributed by atoms with Crippen LogP contribution in [-0.2, 0) is 19.6 Å². The number of hydrogen-bond donors (Lipinski definition) is 1. The highest BCUT2D eigenvalue weighted by Crippen LogP contribution is 2.19. The van der Waals surface area contributed by atoms with Crippen LogP contribution < -0.4 is 0 Å². The van der Waals surface area contributed by atoms with E-state index in [1.54, 1.807) is 13.0 Å². The van der Waals surface area contributed by atoms with E-state index in [4.69, 9.17) is 9.52 Å². The Morgan fingerprint density at radius 1 is 1.53 bits per heavy atom. The second-order valence-electron chi connectivity index (χ2n) is 4.74. The SMILES string of the molecule is Cc1oc(C(=O)O)cc1CN1CCn2ccnc2C1. The highest BCUT2D eigenvalue weighted by atomic mass is 16.4. The molecule has 1 aliphatic rings. The number of fused-ring (bicyclic) bond motifs is 1. The molecule has 2 aromatic heterocycles. The van der Waals surface area contributed by atoms with Gasteiger partial charge in [-0.2, -0.15) is 0 Å². The lowest BCUT2D eigenvalue weighted by Gasteiger charge is -2.27. The van der Waals surface area contributed by atoms with Crippen LogP contribution in [0.15, 0.2) is 22.9 Å². The third kappa shape index (κ3) is 2.26. The van der Waals surface area contributed by atoms with Crippen molar-refractivity contribution in [2.75, 3.05) is 6.54 Å². The first kappa shape index (κ1) is 12.0. The first-order valence-corrected chi connectivity index (χ1v) is 6.18. The summed E-state index contributed by atoms with van der Waals surface area (Å²) in [5, 5.41) is 8.91. The molecule has 1 N–H and O–H groups in total. The molecule has 19 heavy (non-hydrogen) atoms. The summed E-state index contributed by atoms with van der Waals surface area (Å²) in [5.41, 5.74) is 0.928. The lowest BCUT2D eigenvalue weighted by Crippen LogP contribution is -2.33. The Morgan fingerprint density at radius 2 is 2.37 bits per heavy atom. The number of furan rings is 1. The number of imidazole rings is 1. The van der Waals surface area contributed by atoms with Gasteiger partial charge >= 0.3 is 5.97 Å². The largest absolute Gasteiger partial charge is 0.475 e. The van der Waals surface area contributed by atoms with Crippen molar-refractivity contribution in [3.05, 3.63) is 41.4 Å². The van der Waals surface area contributed by atoms with Crippen molar-refractivity contribution in [3.8, 4) is 0 Å². The van der Waals surface area contributed by atoms with Crippen molar-refractivity contribution in [2.24, 2.45) is 0 Å². The van der Waals surface area contributed by atoms with Gasteiger partial charge in [-0.05, 0) is 13.0 Å². The highest BCUT2D eigenvalue weighted by Gasteiger charge is 2.20. The van der Waals surface area contributed by atoms with Gasteiger partial charge < -0.3 is 14.1 Å². The Labute approximate surface area is 110 Å². The summed E-state index contributed by atoms with van der Waals surface area (Å²) in [5.74, 6) is 0.701. The molecular formula is C13H15N3O3. The molecule has 0 aromatic carbocycles. The zero-order chi connectivity index (χ0) is 13.4. The molecule has 6 heteroatoms. The summed E-state index contributed by atoms with van der Waals surface area (Å²) < 4.78 is 7.37. The van der Waals surface area contributed by atoms with Crippen LogP contribution in [0.1, 0.15) is 27.7 Å². The highest BCUT2D eigenvalue weighted by molar-refractivity contribution is 5.84. The second kappa shape index (κ2) is 4.55. The maximum absolute atomic E-state index is 10.9. The smallest absolute Gasteiger partial charge is 0.371 e. The van der Waals surface area contributed by atoms with Gasteiger partial charge in [-0.3, -0.25) is 4.90 Å². The Morgan fingerprint density at radius 3 is 3.11 bits per heavy atom.